The van der Waals surface area contributed by atoms with Gasteiger partial charge in [-0.15, -0.1) is 10.2 Å². The average Bonchev–Trinajstić information content (AvgIpc) is 3.23. The quantitative estimate of drug-likeness (QED) is 0.234. The lowest BCUT2D eigenvalue weighted by atomic mass is 10.1. The zero-order valence-corrected chi connectivity index (χ0v) is 20.3. The Morgan fingerprint density at radius 2 is 1.67 bits per heavy atom. The molecule has 0 radical (unpaired) electrons. The molecule has 1 aromatic heterocycles. The summed E-state index contributed by atoms with van der Waals surface area (Å²) in [6, 6.07) is 14.6. The Labute approximate surface area is 200 Å². The minimum Gasteiger partial charge on any atom is -0.349 e. The third kappa shape index (κ3) is 8.00. The number of halogens is 1. The van der Waals surface area contributed by atoms with Crippen LogP contribution in [-0.2, 0) is 17.1 Å². The van der Waals surface area contributed by atoms with Gasteiger partial charge >= 0.3 is 0 Å². The largest absolute Gasteiger partial charge is 0.349 e. The number of carbonyl (C=O) groups is 1. The fourth-order valence-corrected chi connectivity index (χ4v) is 4.45. The predicted molar refractivity (Wildman–Crippen MR) is 132 cm³/mol. The molecule has 3 aromatic rings. The van der Waals surface area contributed by atoms with Crippen molar-refractivity contribution in [2.24, 2.45) is 0 Å². The smallest absolute Gasteiger partial charge is 0.220 e. The second-order valence-electron chi connectivity index (χ2n) is 8.28. The normalized spacial score (nSPS) is 11.0. The highest BCUT2D eigenvalue weighted by molar-refractivity contribution is 7.98. The van der Waals surface area contributed by atoms with E-state index in [1.54, 1.807) is 12.1 Å². The maximum atomic E-state index is 13.2. The maximum absolute atomic E-state index is 13.2. The fraction of sp³-hybridized carbons (Fsp3) is 0.423. The molecule has 0 fully saturated rings. The Kier molecular flexibility index (Phi) is 9.94. The predicted octanol–water partition coefficient (Wildman–Crippen LogP) is 6.37. The van der Waals surface area contributed by atoms with Crippen LogP contribution >= 0.6 is 11.8 Å². The summed E-state index contributed by atoms with van der Waals surface area (Å²) >= 11 is 1.54. The van der Waals surface area contributed by atoms with Crippen LogP contribution < -0.4 is 5.32 Å². The molecule has 5 nitrogen and oxygen atoms in total. The molecule has 0 spiro atoms. The number of benzene rings is 2. The van der Waals surface area contributed by atoms with E-state index in [0.29, 0.717) is 24.5 Å². The van der Waals surface area contributed by atoms with E-state index >= 15 is 0 Å². The zero-order valence-electron chi connectivity index (χ0n) is 19.5. The van der Waals surface area contributed by atoms with E-state index in [9.17, 15) is 9.18 Å². The Morgan fingerprint density at radius 1 is 0.970 bits per heavy atom. The van der Waals surface area contributed by atoms with Crippen molar-refractivity contribution in [3.63, 3.8) is 0 Å². The average molecular weight is 469 g/mol. The molecule has 0 aliphatic rings. The van der Waals surface area contributed by atoms with Crippen LogP contribution in [0.15, 0.2) is 53.7 Å². The topological polar surface area (TPSA) is 59.8 Å². The second kappa shape index (κ2) is 13.1. The first-order valence-electron chi connectivity index (χ1n) is 11.7. The third-order valence-electron chi connectivity index (χ3n) is 5.47. The fourth-order valence-electron chi connectivity index (χ4n) is 3.52. The van der Waals surface area contributed by atoms with Crippen LogP contribution in [0.3, 0.4) is 0 Å². The van der Waals surface area contributed by atoms with E-state index in [4.69, 9.17) is 0 Å². The lowest BCUT2D eigenvalue weighted by Crippen LogP contribution is -2.24. The minimum atomic E-state index is -0.245. The van der Waals surface area contributed by atoms with Crippen LogP contribution in [0.5, 0.6) is 0 Å². The van der Waals surface area contributed by atoms with Gasteiger partial charge in [0.1, 0.15) is 5.82 Å². The summed E-state index contributed by atoms with van der Waals surface area (Å²) in [5.74, 6) is 1.14. The van der Waals surface area contributed by atoms with Gasteiger partial charge in [0.05, 0.1) is 6.54 Å². The lowest BCUT2D eigenvalue weighted by Gasteiger charge is -2.11. The standard InChI is InChI=1S/C26H33FN4OS/c1-3-4-5-6-7-8-9-25(32)28-18-24-29-30-26(31(24)23-16-10-20(2)11-17-23)33-19-21-12-14-22(27)15-13-21/h10-17H,3-9,18-19H2,1-2H3,(H,28,32). The van der Waals surface area contributed by atoms with Crippen LogP contribution in [0.1, 0.15) is 68.8 Å². The number of carbonyl (C=O) groups excluding carboxylic acids is 1. The van der Waals surface area contributed by atoms with Gasteiger partial charge in [-0.1, -0.05) is 80.6 Å². The molecule has 7 heteroatoms. The van der Waals surface area contributed by atoms with Crippen LogP contribution in [0.25, 0.3) is 5.69 Å². The number of hydrogen-bond donors (Lipinski definition) is 1. The van der Waals surface area contributed by atoms with Crippen molar-refractivity contribution in [3.05, 3.63) is 71.3 Å². The van der Waals surface area contributed by atoms with Gasteiger partial charge in [-0.05, 0) is 43.2 Å². The van der Waals surface area contributed by atoms with Gasteiger partial charge in [-0.2, -0.15) is 0 Å². The summed E-state index contributed by atoms with van der Waals surface area (Å²) in [6.07, 6.45) is 7.48. The molecule has 1 amide bonds. The number of nitrogens with one attached hydrogen (secondary N) is 1. The monoisotopic (exact) mass is 468 g/mol. The maximum Gasteiger partial charge on any atom is 0.220 e. The van der Waals surface area contributed by atoms with Crippen molar-refractivity contribution in [1.29, 1.82) is 0 Å². The molecule has 0 atom stereocenters. The number of aryl methyl sites for hydroxylation is 1. The molecule has 0 saturated heterocycles. The molecule has 0 aliphatic carbocycles. The Morgan fingerprint density at radius 3 is 2.39 bits per heavy atom. The summed E-state index contributed by atoms with van der Waals surface area (Å²) in [6.45, 7) is 4.58. The number of rotatable bonds is 13. The number of unbranched alkanes of at least 4 members (excludes halogenated alkanes) is 5. The van der Waals surface area contributed by atoms with Gasteiger partial charge in [0.25, 0.3) is 0 Å². The van der Waals surface area contributed by atoms with E-state index in [0.717, 1.165) is 29.2 Å². The number of thioether (sulfide) groups is 1. The van der Waals surface area contributed by atoms with Crippen molar-refractivity contribution in [2.45, 2.75) is 76.2 Å². The zero-order chi connectivity index (χ0) is 23.5. The molecule has 1 heterocycles. The molecular formula is C26H33FN4OS. The van der Waals surface area contributed by atoms with Crippen molar-refractivity contribution in [1.82, 2.24) is 20.1 Å². The highest BCUT2D eigenvalue weighted by Gasteiger charge is 2.15. The number of amides is 1. The van der Waals surface area contributed by atoms with Gasteiger partial charge in [0.2, 0.25) is 5.91 Å². The number of hydrogen-bond acceptors (Lipinski definition) is 4. The Balaban J connectivity index is 1.63. The first kappa shape index (κ1) is 25.0. The van der Waals surface area contributed by atoms with E-state index in [-0.39, 0.29) is 11.7 Å². The van der Waals surface area contributed by atoms with Crippen LogP contribution in [0.4, 0.5) is 4.39 Å². The molecular weight excluding hydrogens is 435 g/mol. The first-order valence-corrected chi connectivity index (χ1v) is 12.7. The van der Waals surface area contributed by atoms with Gasteiger partial charge in [-0.3, -0.25) is 9.36 Å². The Hall–Kier alpha value is -2.67. The van der Waals surface area contributed by atoms with E-state index in [1.165, 1.54) is 55.1 Å². The van der Waals surface area contributed by atoms with Crippen molar-refractivity contribution >= 4 is 17.7 Å². The van der Waals surface area contributed by atoms with Crippen LogP contribution in [-0.4, -0.2) is 20.7 Å². The highest BCUT2D eigenvalue weighted by Crippen LogP contribution is 2.25. The lowest BCUT2D eigenvalue weighted by molar-refractivity contribution is -0.121. The third-order valence-corrected chi connectivity index (χ3v) is 6.47. The SMILES string of the molecule is CCCCCCCCC(=O)NCc1nnc(SCc2ccc(F)cc2)n1-c1ccc(C)cc1. The minimum absolute atomic E-state index is 0.0458. The van der Waals surface area contributed by atoms with Crippen molar-refractivity contribution in [2.75, 3.05) is 0 Å². The number of nitrogens with zero attached hydrogens (tertiary/aromatic N) is 3. The van der Waals surface area contributed by atoms with Gasteiger partial charge in [0, 0.05) is 17.9 Å². The van der Waals surface area contributed by atoms with Crippen LogP contribution in [0, 0.1) is 12.7 Å². The van der Waals surface area contributed by atoms with E-state index in [1.807, 2.05) is 35.8 Å². The van der Waals surface area contributed by atoms with Crippen LogP contribution in [0.2, 0.25) is 0 Å². The summed E-state index contributed by atoms with van der Waals surface area (Å²) in [5.41, 5.74) is 3.13. The molecule has 2 aromatic carbocycles. The molecule has 3 rings (SSSR count). The van der Waals surface area contributed by atoms with Gasteiger partial charge in [-0.25, -0.2) is 4.39 Å². The van der Waals surface area contributed by atoms with E-state index in [2.05, 4.69) is 22.4 Å². The Bertz CT molecular complexity index is 1000. The summed E-state index contributed by atoms with van der Waals surface area (Å²) < 4.78 is 15.2. The summed E-state index contributed by atoms with van der Waals surface area (Å²) in [5, 5.41) is 12.5. The molecule has 33 heavy (non-hydrogen) atoms. The number of aromatic nitrogens is 3. The molecule has 0 aliphatic heterocycles. The molecule has 0 bridgehead atoms. The van der Waals surface area contributed by atoms with E-state index < -0.39 is 0 Å². The van der Waals surface area contributed by atoms with Gasteiger partial charge in [0.15, 0.2) is 11.0 Å². The summed E-state index contributed by atoms with van der Waals surface area (Å²) in [4.78, 5) is 12.3. The highest BCUT2D eigenvalue weighted by atomic mass is 32.2. The van der Waals surface area contributed by atoms with Crippen molar-refractivity contribution < 1.29 is 9.18 Å². The molecule has 1 N–H and O–H groups in total. The van der Waals surface area contributed by atoms with Crippen molar-refractivity contribution in [3.8, 4) is 5.69 Å². The molecule has 0 unspecified atom stereocenters. The summed E-state index contributed by atoms with van der Waals surface area (Å²) in [7, 11) is 0. The first-order chi connectivity index (χ1) is 16.1. The van der Waals surface area contributed by atoms with Gasteiger partial charge < -0.3 is 5.32 Å². The molecule has 0 saturated carbocycles. The second-order valence-corrected chi connectivity index (χ2v) is 9.22. The molecule has 176 valence electrons.